The van der Waals surface area contributed by atoms with Crippen molar-refractivity contribution >= 4 is 28.8 Å². The Morgan fingerprint density at radius 3 is 2.57 bits per heavy atom. The summed E-state index contributed by atoms with van der Waals surface area (Å²) in [6.07, 6.45) is 0. The predicted octanol–water partition coefficient (Wildman–Crippen LogP) is 3.10. The number of nitrogens with zero attached hydrogens (tertiary/aromatic N) is 3. The summed E-state index contributed by atoms with van der Waals surface area (Å²) in [7, 11) is 1.34. The molecule has 0 saturated carbocycles. The zero-order valence-electron chi connectivity index (χ0n) is 18.2. The number of rotatable bonds is 8. The Bertz CT molecular complexity index is 1360. The fourth-order valence-electron chi connectivity index (χ4n) is 3.06. The Morgan fingerprint density at radius 1 is 1.11 bits per heavy atom. The van der Waals surface area contributed by atoms with Crippen LogP contribution in [-0.2, 0) is 6.61 Å². The molecule has 0 aliphatic rings. The molecule has 0 spiro atoms. The molecule has 0 bridgehead atoms. The second-order valence-electron chi connectivity index (χ2n) is 6.99. The van der Waals surface area contributed by atoms with E-state index in [1.807, 2.05) is 30.3 Å². The maximum Gasteiger partial charge on any atom is 0.287 e. The third-order valence-corrected chi connectivity index (χ3v) is 5.40. The van der Waals surface area contributed by atoms with Gasteiger partial charge in [0, 0.05) is 17.0 Å². The molecule has 2 amide bonds. The highest BCUT2D eigenvalue weighted by Crippen LogP contribution is 2.35. The SMILES string of the molecule is COc1cc(C(=O)NNC(=O)c2cc(-c3ccccc3)n[nH]2)c([N+](=O)[O-])cc1OCc1cscn1. The van der Waals surface area contributed by atoms with E-state index in [1.165, 1.54) is 30.6 Å². The van der Waals surface area contributed by atoms with E-state index in [4.69, 9.17) is 9.47 Å². The highest BCUT2D eigenvalue weighted by atomic mass is 32.1. The summed E-state index contributed by atoms with van der Waals surface area (Å²) in [6.45, 7) is 0.0633. The molecule has 12 nitrogen and oxygen atoms in total. The zero-order chi connectivity index (χ0) is 24.8. The van der Waals surface area contributed by atoms with E-state index in [0.717, 1.165) is 11.6 Å². The van der Waals surface area contributed by atoms with Gasteiger partial charge in [-0.25, -0.2) is 4.98 Å². The lowest BCUT2D eigenvalue weighted by Gasteiger charge is -2.12. The van der Waals surface area contributed by atoms with E-state index in [9.17, 15) is 19.7 Å². The number of aromatic amines is 1. The zero-order valence-corrected chi connectivity index (χ0v) is 19.0. The Morgan fingerprint density at radius 2 is 1.89 bits per heavy atom. The van der Waals surface area contributed by atoms with Crippen LogP contribution in [0.3, 0.4) is 0 Å². The molecule has 13 heteroatoms. The number of aromatic nitrogens is 3. The van der Waals surface area contributed by atoms with Crippen LogP contribution < -0.4 is 20.3 Å². The normalized spacial score (nSPS) is 10.4. The molecular weight excluding hydrogens is 476 g/mol. The number of nitro benzene ring substituents is 1. The van der Waals surface area contributed by atoms with Gasteiger partial charge in [-0.3, -0.25) is 35.7 Å². The maximum atomic E-state index is 12.7. The van der Waals surface area contributed by atoms with Gasteiger partial charge in [-0.05, 0) is 6.07 Å². The minimum atomic E-state index is -0.919. The number of ether oxygens (including phenoxy) is 2. The third kappa shape index (κ3) is 5.42. The van der Waals surface area contributed by atoms with Gasteiger partial charge in [-0.1, -0.05) is 30.3 Å². The van der Waals surface area contributed by atoms with E-state index < -0.39 is 22.4 Å². The first-order chi connectivity index (χ1) is 17.0. The number of methoxy groups -OCH3 is 1. The molecule has 4 aromatic rings. The van der Waals surface area contributed by atoms with Crippen LogP contribution in [-0.4, -0.2) is 39.0 Å². The number of hydrogen-bond acceptors (Lipinski definition) is 9. The summed E-state index contributed by atoms with van der Waals surface area (Å²) in [5, 5.41) is 20.1. The van der Waals surface area contributed by atoms with E-state index in [-0.39, 0.29) is 29.4 Å². The van der Waals surface area contributed by atoms with Crippen molar-refractivity contribution in [1.29, 1.82) is 0 Å². The van der Waals surface area contributed by atoms with Crippen molar-refractivity contribution in [1.82, 2.24) is 26.0 Å². The van der Waals surface area contributed by atoms with Crippen molar-refractivity contribution in [3.8, 4) is 22.8 Å². The minimum Gasteiger partial charge on any atom is -0.493 e. The van der Waals surface area contributed by atoms with Crippen LogP contribution in [0.1, 0.15) is 26.5 Å². The molecule has 178 valence electrons. The van der Waals surface area contributed by atoms with Gasteiger partial charge >= 0.3 is 0 Å². The smallest absolute Gasteiger partial charge is 0.287 e. The monoisotopic (exact) mass is 494 g/mol. The minimum absolute atomic E-state index is 0.0633. The summed E-state index contributed by atoms with van der Waals surface area (Å²) in [5.74, 6) is -1.44. The number of amides is 2. The Labute approximate surface area is 202 Å². The fourth-order valence-corrected chi connectivity index (χ4v) is 3.60. The number of carbonyl (C=O) groups is 2. The van der Waals surface area contributed by atoms with Crippen molar-refractivity contribution in [2.75, 3.05) is 7.11 Å². The second-order valence-corrected chi connectivity index (χ2v) is 7.71. The molecule has 0 unspecified atom stereocenters. The van der Waals surface area contributed by atoms with Crippen LogP contribution in [0.15, 0.2) is 59.4 Å². The van der Waals surface area contributed by atoms with Crippen LogP contribution >= 0.6 is 11.3 Å². The third-order valence-electron chi connectivity index (χ3n) is 4.76. The number of hydrogen-bond donors (Lipinski definition) is 3. The fraction of sp³-hybridized carbons (Fsp3) is 0.0909. The van der Waals surface area contributed by atoms with Crippen molar-refractivity contribution in [2.24, 2.45) is 0 Å². The van der Waals surface area contributed by atoms with Crippen LogP contribution in [0.25, 0.3) is 11.3 Å². The molecule has 0 atom stereocenters. The summed E-state index contributed by atoms with van der Waals surface area (Å²) in [5.41, 5.74) is 7.21. The second kappa shape index (κ2) is 10.4. The van der Waals surface area contributed by atoms with Crippen LogP contribution in [0.2, 0.25) is 0 Å². The van der Waals surface area contributed by atoms with E-state index in [1.54, 1.807) is 10.9 Å². The van der Waals surface area contributed by atoms with Crippen molar-refractivity contribution in [2.45, 2.75) is 6.61 Å². The molecule has 0 radical (unpaired) electrons. The summed E-state index contributed by atoms with van der Waals surface area (Å²) >= 11 is 1.38. The molecule has 0 aliphatic carbocycles. The molecule has 2 heterocycles. The Balaban J connectivity index is 1.47. The average Bonchev–Trinajstić information content (AvgIpc) is 3.58. The molecule has 3 N–H and O–H groups in total. The van der Waals surface area contributed by atoms with Crippen LogP contribution in [0.4, 0.5) is 5.69 Å². The summed E-state index contributed by atoms with van der Waals surface area (Å²) in [4.78, 5) is 40.1. The number of nitrogens with one attached hydrogen (secondary N) is 3. The van der Waals surface area contributed by atoms with Gasteiger partial charge < -0.3 is 9.47 Å². The molecule has 35 heavy (non-hydrogen) atoms. The van der Waals surface area contributed by atoms with Gasteiger partial charge in [0.15, 0.2) is 11.5 Å². The number of thiazole rings is 1. The molecule has 4 rings (SSSR count). The van der Waals surface area contributed by atoms with E-state index >= 15 is 0 Å². The van der Waals surface area contributed by atoms with E-state index in [0.29, 0.717) is 11.4 Å². The lowest BCUT2D eigenvalue weighted by molar-refractivity contribution is -0.385. The topological polar surface area (TPSA) is 161 Å². The number of carbonyl (C=O) groups excluding carboxylic acids is 2. The largest absolute Gasteiger partial charge is 0.493 e. The van der Waals surface area contributed by atoms with Gasteiger partial charge in [-0.15, -0.1) is 11.3 Å². The highest BCUT2D eigenvalue weighted by molar-refractivity contribution is 7.07. The van der Waals surface area contributed by atoms with Gasteiger partial charge in [0.25, 0.3) is 17.5 Å². The first kappa shape index (κ1) is 23.4. The first-order valence-corrected chi connectivity index (χ1v) is 11.0. The van der Waals surface area contributed by atoms with Gasteiger partial charge in [-0.2, -0.15) is 5.10 Å². The lowest BCUT2D eigenvalue weighted by atomic mass is 10.1. The van der Waals surface area contributed by atoms with Crippen LogP contribution in [0.5, 0.6) is 11.5 Å². The van der Waals surface area contributed by atoms with Crippen molar-refractivity contribution in [3.05, 3.63) is 86.5 Å². The molecule has 2 aromatic carbocycles. The first-order valence-electron chi connectivity index (χ1n) is 10.0. The van der Waals surface area contributed by atoms with Gasteiger partial charge in [0.05, 0.1) is 35.0 Å². The Kier molecular flexibility index (Phi) is 6.97. The van der Waals surface area contributed by atoms with Gasteiger partial charge in [0.2, 0.25) is 0 Å². The van der Waals surface area contributed by atoms with E-state index in [2.05, 4.69) is 26.0 Å². The number of benzene rings is 2. The maximum absolute atomic E-state index is 12.7. The molecule has 0 saturated heterocycles. The number of nitro groups is 1. The molecule has 2 aromatic heterocycles. The van der Waals surface area contributed by atoms with Crippen molar-refractivity contribution in [3.63, 3.8) is 0 Å². The van der Waals surface area contributed by atoms with Crippen molar-refractivity contribution < 1.29 is 24.0 Å². The van der Waals surface area contributed by atoms with Crippen LogP contribution in [0, 0.1) is 10.1 Å². The number of H-pyrrole nitrogens is 1. The molecule has 0 aliphatic heterocycles. The molecule has 0 fully saturated rings. The van der Waals surface area contributed by atoms with Gasteiger partial charge in [0.1, 0.15) is 17.9 Å². The lowest BCUT2D eigenvalue weighted by Crippen LogP contribution is -2.42. The quantitative estimate of drug-likeness (QED) is 0.249. The summed E-state index contributed by atoms with van der Waals surface area (Å²) in [6, 6.07) is 12.9. The summed E-state index contributed by atoms with van der Waals surface area (Å²) < 4.78 is 10.8. The molecular formula is C22H18N6O6S. The highest BCUT2D eigenvalue weighted by Gasteiger charge is 2.25. The standard InChI is InChI=1S/C22H18N6O6S/c1-33-19-7-15(18(28(31)32)9-20(19)34-10-14-11-35-12-23-14)21(29)26-27-22(30)17-8-16(24-25-17)13-5-3-2-4-6-13/h2-9,11-12H,10H2,1H3,(H,24,25)(H,26,29)(H,27,30). The predicted molar refractivity (Wildman–Crippen MR) is 125 cm³/mol. The Hall–Kier alpha value is -4.78. The number of hydrazine groups is 1. The average molecular weight is 494 g/mol.